The van der Waals surface area contributed by atoms with Crippen molar-refractivity contribution in [3.8, 4) is 17.3 Å². The minimum absolute atomic E-state index is 0.422. The van der Waals surface area contributed by atoms with Crippen molar-refractivity contribution in [2.24, 2.45) is 4.99 Å². The van der Waals surface area contributed by atoms with E-state index in [4.69, 9.17) is 9.26 Å². The van der Waals surface area contributed by atoms with Gasteiger partial charge in [-0.3, -0.25) is 9.98 Å². The molecule has 0 aliphatic rings. The van der Waals surface area contributed by atoms with E-state index in [2.05, 4.69) is 49.8 Å². The molecule has 0 spiro atoms. The minimum atomic E-state index is 0.422. The Balaban J connectivity index is 1.50. The number of rotatable bonds is 8. The van der Waals surface area contributed by atoms with Crippen molar-refractivity contribution >= 4 is 5.96 Å². The molecular formula is C21H26N6O2. The second kappa shape index (κ2) is 10.2. The average molecular weight is 394 g/mol. The number of hydrogen-bond donors (Lipinski definition) is 2. The van der Waals surface area contributed by atoms with Crippen molar-refractivity contribution in [2.75, 3.05) is 20.2 Å². The summed E-state index contributed by atoms with van der Waals surface area (Å²) in [5, 5.41) is 10.6. The maximum atomic E-state index is 5.73. The van der Waals surface area contributed by atoms with Gasteiger partial charge in [0, 0.05) is 38.3 Å². The summed E-state index contributed by atoms with van der Waals surface area (Å²) in [6.45, 7) is 5.90. The number of hydrogen-bond acceptors (Lipinski definition) is 6. The number of pyridine rings is 1. The topological polar surface area (TPSA) is 97.5 Å². The molecule has 0 aliphatic carbocycles. The number of aromatic nitrogens is 3. The van der Waals surface area contributed by atoms with E-state index in [9.17, 15) is 0 Å². The first-order chi connectivity index (χ1) is 14.2. The van der Waals surface area contributed by atoms with Gasteiger partial charge in [-0.1, -0.05) is 23.4 Å². The van der Waals surface area contributed by atoms with Crippen LogP contribution in [0.15, 0.2) is 52.1 Å². The predicted molar refractivity (Wildman–Crippen MR) is 112 cm³/mol. The number of aliphatic imine (C=N–C) groups is 1. The minimum Gasteiger partial charge on any atom is -0.494 e. The Bertz CT molecular complexity index is 939. The lowest BCUT2D eigenvalue weighted by Crippen LogP contribution is -2.38. The first kappa shape index (κ1) is 20.3. The summed E-state index contributed by atoms with van der Waals surface area (Å²) in [6.07, 6.45) is 2.30. The van der Waals surface area contributed by atoms with Crippen LogP contribution in [0.25, 0.3) is 11.6 Å². The Morgan fingerprint density at radius 3 is 2.86 bits per heavy atom. The summed E-state index contributed by atoms with van der Waals surface area (Å²) >= 11 is 0. The number of guanidine groups is 1. The van der Waals surface area contributed by atoms with Crippen molar-refractivity contribution in [3.05, 3.63) is 59.5 Å². The zero-order valence-electron chi connectivity index (χ0n) is 17.0. The van der Waals surface area contributed by atoms with Gasteiger partial charge in [0.15, 0.2) is 11.8 Å². The lowest BCUT2D eigenvalue weighted by Gasteiger charge is -2.14. The van der Waals surface area contributed by atoms with Crippen LogP contribution >= 0.6 is 0 Å². The summed E-state index contributed by atoms with van der Waals surface area (Å²) in [6, 6.07) is 11.8. The van der Waals surface area contributed by atoms with Gasteiger partial charge in [0.05, 0.1) is 6.61 Å². The average Bonchev–Trinajstić information content (AvgIpc) is 3.21. The molecule has 0 saturated heterocycles. The van der Waals surface area contributed by atoms with Crippen LogP contribution in [0.4, 0.5) is 0 Å². The van der Waals surface area contributed by atoms with Gasteiger partial charge in [-0.15, -0.1) is 0 Å². The molecule has 1 aromatic carbocycles. The number of nitrogens with zero attached hydrogens (tertiary/aromatic N) is 4. The normalized spacial score (nSPS) is 11.3. The Morgan fingerprint density at radius 2 is 2.10 bits per heavy atom. The van der Waals surface area contributed by atoms with Gasteiger partial charge >= 0.3 is 0 Å². The maximum Gasteiger partial charge on any atom is 0.276 e. The molecule has 0 fully saturated rings. The molecule has 0 aliphatic heterocycles. The summed E-state index contributed by atoms with van der Waals surface area (Å²) in [7, 11) is 1.74. The Labute approximate surface area is 170 Å². The molecule has 2 heterocycles. The molecule has 8 heteroatoms. The number of aryl methyl sites for hydroxylation is 1. The zero-order valence-corrected chi connectivity index (χ0v) is 17.0. The molecule has 3 aromatic rings. The van der Waals surface area contributed by atoms with Crippen LogP contribution < -0.4 is 15.4 Å². The van der Waals surface area contributed by atoms with Crippen molar-refractivity contribution in [3.63, 3.8) is 0 Å². The zero-order chi connectivity index (χ0) is 20.5. The van der Waals surface area contributed by atoms with E-state index < -0.39 is 0 Å². The number of nitrogens with one attached hydrogen (secondary N) is 2. The van der Waals surface area contributed by atoms with Gasteiger partial charge in [-0.25, -0.2) is 0 Å². The Kier molecular flexibility index (Phi) is 7.16. The largest absolute Gasteiger partial charge is 0.494 e. The molecular weight excluding hydrogens is 368 g/mol. The third-order valence-electron chi connectivity index (χ3n) is 4.19. The van der Waals surface area contributed by atoms with Crippen LogP contribution in [0.3, 0.4) is 0 Å². The number of benzene rings is 1. The van der Waals surface area contributed by atoms with Gasteiger partial charge in [0.25, 0.3) is 5.89 Å². The van der Waals surface area contributed by atoms with Crippen molar-refractivity contribution in [1.29, 1.82) is 0 Å². The fourth-order valence-electron chi connectivity index (χ4n) is 2.74. The van der Waals surface area contributed by atoms with Crippen LogP contribution in [-0.2, 0) is 13.0 Å². The van der Waals surface area contributed by atoms with Crippen LogP contribution in [0.5, 0.6) is 5.75 Å². The highest BCUT2D eigenvalue weighted by Gasteiger charge is 2.10. The number of ether oxygens (including phenoxy) is 1. The molecule has 152 valence electrons. The maximum absolute atomic E-state index is 5.73. The Hall–Kier alpha value is -3.42. The molecule has 0 atom stereocenters. The first-order valence-electron chi connectivity index (χ1n) is 9.60. The third kappa shape index (κ3) is 5.78. The second-order valence-electron chi connectivity index (χ2n) is 6.38. The monoisotopic (exact) mass is 394 g/mol. The van der Waals surface area contributed by atoms with Gasteiger partial charge < -0.3 is 19.9 Å². The molecule has 2 aromatic heterocycles. The highest BCUT2D eigenvalue weighted by atomic mass is 16.5. The summed E-state index contributed by atoms with van der Waals surface area (Å²) in [4.78, 5) is 12.9. The molecule has 0 amide bonds. The van der Waals surface area contributed by atoms with E-state index in [0.717, 1.165) is 11.3 Å². The van der Waals surface area contributed by atoms with Gasteiger partial charge in [-0.05, 0) is 37.6 Å². The highest BCUT2D eigenvalue weighted by molar-refractivity contribution is 5.79. The first-order valence-corrected chi connectivity index (χ1v) is 9.60. The molecule has 2 N–H and O–H groups in total. The SMILES string of the molecule is CCOc1cc(C)ccc1CNC(=NC)NCCc1noc(-c2ccccn2)n1. The molecule has 8 nitrogen and oxygen atoms in total. The van der Waals surface area contributed by atoms with Gasteiger partial charge in [0.2, 0.25) is 0 Å². The standard InChI is InChI=1S/C21H26N6O2/c1-4-28-18-13-15(2)8-9-16(18)14-25-21(22-3)24-12-10-19-26-20(29-27-19)17-7-5-6-11-23-17/h5-9,11,13H,4,10,12,14H2,1-3H3,(H2,22,24,25). The molecule has 0 saturated carbocycles. The summed E-state index contributed by atoms with van der Waals surface area (Å²) in [5.74, 6) is 2.63. The molecule has 0 bridgehead atoms. The molecule has 0 unspecified atom stereocenters. The van der Waals surface area contributed by atoms with E-state index in [1.807, 2.05) is 31.2 Å². The van der Waals surface area contributed by atoms with Crippen molar-refractivity contribution < 1.29 is 9.26 Å². The van der Waals surface area contributed by atoms with Crippen molar-refractivity contribution in [1.82, 2.24) is 25.8 Å². The second-order valence-corrected chi connectivity index (χ2v) is 6.38. The molecule has 3 rings (SSSR count). The summed E-state index contributed by atoms with van der Waals surface area (Å²) in [5.41, 5.74) is 2.92. The van der Waals surface area contributed by atoms with Crippen LogP contribution in [0.2, 0.25) is 0 Å². The highest BCUT2D eigenvalue weighted by Crippen LogP contribution is 2.20. The van der Waals surface area contributed by atoms with Crippen LogP contribution in [0.1, 0.15) is 23.9 Å². The summed E-state index contributed by atoms with van der Waals surface area (Å²) < 4.78 is 11.0. The quantitative estimate of drug-likeness (QED) is 0.448. The van der Waals surface area contributed by atoms with Gasteiger partial charge in [-0.2, -0.15) is 4.98 Å². The predicted octanol–water partition coefficient (Wildman–Crippen LogP) is 2.75. The third-order valence-corrected chi connectivity index (χ3v) is 4.19. The van der Waals surface area contributed by atoms with Crippen LogP contribution in [-0.4, -0.2) is 41.3 Å². The fourth-order valence-corrected chi connectivity index (χ4v) is 2.74. The fraction of sp³-hybridized carbons (Fsp3) is 0.333. The Morgan fingerprint density at radius 1 is 1.21 bits per heavy atom. The lowest BCUT2D eigenvalue weighted by atomic mass is 10.1. The van der Waals surface area contributed by atoms with E-state index in [1.165, 1.54) is 5.56 Å². The smallest absolute Gasteiger partial charge is 0.276 e. The van der Waals surface area contributed by atoms with Crippen molar-refractivity contribution in [2.45, 2.75) is 26.8 Å². The van der Waals surface area contributed by atoms with E-state index in [0.29, 0.717) is 49.5 Å². The van der Waals surface area contributed by atoms with E-state index in [1.54, 1.807) is 13.2 Å². The lowest BCUT2D eigenvalue weighted by molar-refractivity contribution is 0.336. The van der Waals surface area contributed by atoms with E-state index in [-0.39, 0.29) is 0 Å². The molecule has 0 radical (unpaired) electrons. The van der Waals surface area contributed by atoms with Crippen LogP contribution in [0, 0.1) is 6.92 Å². The molecule has 29 heavy (non-hydrogen) atoms. The van der Waals surface area contributed by atoms with E-state index >= 15 is 0 Å². The van der Waals surface area contributed by atoms with Gasteiger partial charge in [0.1, 0.15) is 11.4 Å².